The zero-order valence-electron chi connectivity index (χ0n) is 37.2. The average molecular weight is 933 g/mol. The lowest BCUT2D eigenvalue weighted by Crippen LogP contribution is -2.65. The summed E-state index contributed by atoms with van der Waals surface area (Å²) in [4.78, 5) is 62.8. The Hall–Kier alpha value is -3.00. The summed E-state index contributed by atoms with van der Waals surface area (Å²) in [5.41, 5.74) is 0.563. The van der Waals surface area contributed by atoms with Crippen LogP contribution >= 0.6 is 47.0 Å². The minimum absolute atomic E-state index is 0.0536. The van der Waals surface area contributed by atoms with Crippen molar-refractivity contribution in [3.05, 3.63) is 46.5 Å². The number of hydrogen-bond acceptors (Lipinski definition) is 15. The number of thioether (sulfide) groups is 4. The first-order valence-corrected chi connectivity index (χ1v) is 25.6. The number of hydrogen-bond donors (Lipinski definition) is 4. The van der Waals surface area contributed by atoms with Crippen LogP contribution in [0, 0.1) is 17.3 Å². The van der Waals surface area contributed by atoms with Crippen molar-refractivity contribution in [2.45, 2.75) is 113 Å². The largest absolute Gasteiger partial charge is 0.547 e. The third-order valence-electron chi connectivity index (χ3n) is 12.0. The van der Waals surface area contributed by atoms with Crippen LogP contribution in [-0.4, -0.2) is 120 Å². The summed E-state index contributed by atoms with van der Waals surface area (Å²) in [7, 11) is -1.96. The summed E-state index contributed by atoms with van der Waals surface area (Å²) in [6.07, 6.45) is 8.96. The SMILES string of the molecule is CSCC(=O)N[C@@H](Cc1ccc(SC)c(C(C)=O)c1OC(=O)OC(C)(C)C)B1OC2CC3CC(C3(C)C)[C@]2(C)O1.CSCC(=O)N[C@H]1Cc2ccc(SC)c(C(=O)O)c2OB1O. The van der Waals surface area contributed by atoms with Crippen molar-refractivity contribution in [3.8, 4) is 11.5 Å². The zero-order valence-corrected chi connectivity index (χ0v) is 40.5. The van der Waals surface area contributed by atoms with Crippen LogP contribution in [0.15, 0.2) is 34.1 Å². The summed E-state index contributed by atoms with van der Waals surface area (Å²) < 4.78 is 29.8. The molecule has 0 aromatic heterocycles. The Morgan fingerprint density at radius 2 is 1.56 bits per heavy atom. The second kappa shape index (κ2) is 20.4. The van der Waals surface area contributed by atoms with Crippen LogP contribution in [-0.2, 0) is 36.5 Å². The van der Waals surface area contributed by atoms with Crippen LogP contribution in [0.2, 0.25) is 0 Å². The number of benzene rings is 2. The molecule has 2 aromatic carbocycles. The van der Waals surface area contributed by atoms with E-state index in [1.807, 2.05) is 30.9 Å². The van der Waals surface area contributed by atoms with Gasteiger partial charge in [-0.15, -0.1) is 23.5 Å². The Balaban J connectivity index is 0.000000278. The minimum atomic E-state index is -1.27. The molecule has 14 nitrogen and oxygen atoms in total. The van der Waals surface area contributed by atoms with E-state index in [1.165, 1.54) is 54.0 Å². The minimum Gasteiger partial charge on any atom is -0.534 e. The van der Waals surface area contributed by atoms with E-state index in [-0.39, 0.29) is 58.4 Å². The Morgan fingerprint density at radius 1 is 0.935 bits per heavy atom. The van der Waals surface area contributed by atoms with Gasteiger partial charge in [0.05, 0.1) is 40.7 Å². The molecule has 2 amide bonds. The van der Waals surface area contributed by atoms with E-state index in [2.05, 4.69) is 31.4 Å². The number of fused-ring (bicyclic) bond motifs is 1. The zero-order chi connectivity index (χ0) is 45.9. The molecule has 2 aliphatic heterocycles. The second-order valence-corrected chi connectivity index (χ2v) is 21.1. The first kappa shape index (κ1) is 50.0. The summed E-state index contributed by atoms with van der Waals surface area (Å²) in [5, 5.41) is 25.2. The predicted octanol–water partition coefficient (Wildman–Crippen LogP) is 6.49. The molecule has 3 saturated carbocycles. The number of carboxylic acid groups (broad SMARTS) is 1. The highest BCUT2D eigenvalue weighted by Gasteiger charge is 2.68. The van der Waals surface area contributed by atoms with Crippen LogP contribution in [0.25, 0.3) is 0 Å². The molecule has 7 rings (SSSR count). The number of carboxylic acids is 1. The lowest BCUT2D eigenvalue weighted by atomic mass is 9.43. The summed E-state index contributed by atoms with van der Waals surface area (Å²) in [6, 6.07) is 7.16. The third kappa shape index (κ3) is 11.1. The van der Waals surface area contributed by atoms with Gasteiger partial charge in [0.2, 0.25) is 11.8 Å². The molecular weight excluding hydrogens is 874 g/mol. The number of Topliss-reactive ketones (excluding diaryl/α,β-unsaturated/α-hetero) is 1. The molecule has 62 heavy (non-hydrogen) atoms. The van der Waals surface area contributed by atoms with Crippen molar-refractivity contribution in [2.75, 3.05) is 36.5 Å². The Kier molecular flexibility index (Phi) is 16.5. The number of aromatic carboxylic acids is 1. The van der Waals surface area contributed by atoms with Crippen molar-refractivity contribution in [2.24, 2.45) is 17.3 Å². The fourth-order valence-electron chi connectivity index (χ4n) is 8.96. The fourth-order valence-corrected chi connectivity index (χ4v) is 10.9. The highest BCUT2D eigenvalue weighted by atomic mass is 32.2. The standard InChI is InChI=1S/C29H42BNO7S2.C13H16BNO5S2/c1-16(32)24-19(40-9)11-10-17(25(24)35-26(34)36-27(2,3)4)12-22(31-23(33)15-39-8)30-37-21-14-18-13-20(28(18,5)6)29(21,7)38-30;1-21-6-10(16)15-9-5-7-3-4-8(22-2)11(13(17)18)12(7)20-14(9)19/h10-11,18,20-22H,12-15H2,1-9H3,(H,31,33);3-4,9,19H,5-6H2,1-2H3,(H,15,16)(H,17,18)/t18?,20?,21?,22-,29-;9-/m00/s1. The molecular formula is C42H58B2N2O12S4. The number of nitrogens with one attached hydrogen (secondary N) is 2. The molecule has 2 aromatic rings. The van der Waals surface area contributed by atoms with E-state index < -0.39 is 49.4 Å². The van der Waals surface area contributed by atoms with Crippen LogP contribution < -0.4 is 20.0 Å². The van der Waals surface area contributed by atoms with E-state index in [9.17, 15) is 34.1 Å². The summed E-state index contributed by atoms with van der Waals surface area (Å²) >= 11 is 5.50. The molecule has 6 atom stereocenters. The quantitative estimate of drug-likeness (QED) is 0.0527. The van der Waals surface area contributed by atoms with Gasteiger partial charge in [-0.3, -0.25) is 14.4 Å². The van der Waals surface area contributed by atoms with E-state index in [4.69, 9.17) is 23.4 Å². The lowest BCUT2D eigenvalue weighted by molar-refractivity contribution is -0.199. The number of carbonyl (C=O) groups excluding carboxylic acids is 4. The Labute approximate surface area is 382 Å². The normalized spacial score (nSPS) is 23.5. The maximum atomic E-state index is 12.9. The molecule has 20 heteroatoms. The molecule has 0 radical (unpaired) electrons. The van der Waals surface area contributed by atoms with E-state index >= 15 is 0 Å². The van der Waals surface area contributed by atoms with Gasteiger partial charge in [-0.25, -0.2) is 9.59 Å². The van der Waals surface area contributed by atoms with Crippen molar-refractivity contribution < 1.29 is 57.5 Å². The van der Waals surface area contributed by atoms with Crippen LogP contribution in [0.4, 0.5) is 4.79 Å². The number of ether oxygens (including phenoxy) is 2. The van der Waals surface area contributed by atoms with Gasteiger partial charge in [0.1, 0.15) is 22.7 Å². The molecule has 5 aliphatic rings. The molecule has 3 aliphatic carbocycles. The molecule has 2 heterocycles. The summed E-state index contributed by atoms with van der Waals surface area (Å²) in [6.45, 7) is 13.4. The smallest absolute Gasteiger partial charge is 0.534 e. The molecule has 338 valence electrons. The molecule has 4 N–H and O–H groups in total. The van der Waals surface area contributed by atoms with Gasteiger partial charge in [-0.1, -0.05) is 26.0 Å². The first-order valence-electron chi connectivity index (χ1n) is 20.4. The second-order valence-electron chi connectivity index (χ2n) is 17.7. The molecule has 2 bridgehead atoms. The van der Waals surface area contributed by atoms with E-state index in [1.54, 1.807) is 39.2 Å². The molecule has 0 spiro atoms. The van der Waals surface area contributed by atoms with Crippen LogP contribution in [0.3, 0.4) is 0 Å². The Morgan fingerprint density at radius 3 is 2.15 bits per heavy atom. The Bertz CT molecular complexity index is 2040. The van der Waals surface area contributed by atoms with Gasteiger partial charge in [-0.2, -0.15) is 23.5 Å². The predicted molar refractivity (Wildman–Crippen MR) is 247 cm³/mol. The van der Waals surface area contributed by atoms with Crippen LogP contribution in [0.1, 0.15) is 93.2 Å². The van der Waals surface area contributed by atoms with Gasteiger partial charge in [0.15, 0.2) is 5.78 Å². The highest BCUT2D eigenvalue weighted by Crippen LogP contribution is 2.65. The number of amides is 2. The third-order valence-corrected chi connectivity index (χ3v) is 14.6. The van der Waals surface area contributed by atoms with Gasteiger partial charge in [-0.05, 0) is 126 Å². The van der Waals surface area contributed by atoms with Crippen molar-refractivity contribution >= 4 is 91.0 Å². The van der Waals surface area contributed by atoms with Gasteiger partial charge in [0.25, 0.3) is 0 Å². The van der Waals surface area contributed by atoms with Gasteiger partial charge >= 0.3 is 26.4 Å². The number of ketones is 1. The van der Waals surface area contributed by atoms with Crippen LogP contribution in [0.5, 0.6) is 11.5 Å². The molecule has 4 fully saturated rings. The topological polar surface area (TPSA) is 196 Å². The van der Waals surface area contributed by atoms with Crippen molar-refractivity contribution in [3.63, 3.8) is 0 Å². The van der Waals surface area contributed by atoms with Gasteiger partial charge < -0.3 is 44.2 Å². The monoisotopic (exact) mass is 932 g/mol. The maximum Gasteiger partial charge on any atom is 0.547 e. The molecule has 3 unspecified atom stereocenters. The van der Waals surface area contributed by atoms with E-state index in [0.717, 1.165) is 12.8 Å². The van der Waals surface area contributed by atoms with Crippen molar-refractivity contribution in [1.29, 1.82) is 0 Å². The maximum absolute atomic E-state index is 12.9. The molecule has 1 saturated heterocycles. The number of carbonyl (C=O) groups is 5. The van der Waals surface area contributed by atoms with Crippen molar-refractivity contribution in [1.82, 2.24) is 10.6 Å². The summed E-state index contributed by atoms with van der Waals surface area (Å²) in [5.74, 6) is -0.961. The van der Waals surface area contributed by atoms with Gasteiger partial charge in [0, 0.05) is 9.79 Å². The number of rotatable bonds is 14. The average Bonchev–Trinajstić information content (AvgIpc) is 3.54. The fraction of sp³-hybridized carbons (Fsp3) is 0.595. The first-order chi connectivity index (χ1) is 29.1. The van der Waals surface area contributed by atoms with E-state index in [0.29, 0.717) is 50.5 Å². The highest BCUT2D eigenvalue weighted by molar-refractivity contribution is 7.99. The lowest BCUT2D eigenvalue weighted by Gasteiger charge is -2.64.